The third kappa shape index (κ3) is 3.47. The summed E-state index contributed by atoms with van der Waals surface area (Å²) in [6.45, 7) is 12.1. The van der Waals surface area contributed by atoms with Crippen LogP contribution in [0, 0.1) is 0 Å². The minimum Gasteiger partial charge on any atom is -0.314 e. The molecule has 0 aliphatic rings. The summed E-state index contributed by atoms with van der Waals surface area (Å²) in [7, 11) is -2.94. The molecule has 4 heteroatoms. The molecule has 0 saturated heterocycles. The summed E-state index contributed by atoms with van der Waals surface area (Å²) in [5.74, 6) is 0.334. The fourth-order valence-corrected chi connectivity index (χ4v) is 4.94. The minimum atomic E-state index is -2.94. The molecular weight excluding hydrogens is 257 g/mol. The molecule has 0 aromatic heterocycles. The first-order valence-electron chi connectivity index (χ1n) is 7.10. The first-order chi connectivity index (χ1) is 9.01. The van der Waals surface area contributed by atoms with Crippen LogP contribution in [0.15, 0.2) is 24.3 Å². The van der Waals surface area contributed by atoms with Gasteiger partial charge >= 0.3 is 7.52 Å². The lowest BCUT2D eigenvalue weighted by Gasteiger charge is -2.31. The average Bonchev–Trinajstić information content (AvgIpc) is 2.40. The van der Waals surface area contributed by atoms with Crippen molar-refractivity contribution in [1.29, 1.82) is 0 Å². The highest BCUT2D eigenvalue weighted by atomic mass is 31.2. The monoisotopic (exact) mass is 283 g/mol. The molecule has 0 fully saturated rings. The summed E-state index contributed by atoms with van der Waals surface area (Å²) < 4.78 is 21.1. The lowest BCUT2D eigenvalue weighted by atomic mass is 10.0. The van der Waals surface area contributed by atoms with Crippen molar-refractivity contribution < 1.29 is 9.09 Å². The van der Waals surface area contributed by atoms with E-state index >= 15 is 0 Å². The van der Waals surface area contributed by atoms with Gasteiger partial charge in [0, 0.05) is 13.1 Å². The second-order valence-electron chi connectivity index (χ2n) is 4.79. The van der Waals surface area contributed by atoms with Gasteiger partial charge < -0.3 is 4.52 Å². The summed E-state index contributed by atoms with van der Waals surface area (Å²) in [5.41, 5.74) is 1.12. The van der Waals surface area contributed by atoms with Gasteiger partial charge in [-0.25, -0.2) is 4.67 Å². The average molecular weight is 283 g/mol. The van der Waals surface area contributed by atoms with Crippen LogP contribution in [0.25, 0.3) is 0 Å². The van der Waals surface area contributed by atoms with Crippen molar-refractivity contribution in [2.45, 2.75) is 40.5 Å². The third-order valence-corrected chi connectivity index (χ3v) is 6.20. The lowest BCUT2D eigenvalue weighted by Crippen LogP contribution is -2.29. The quantitative estimate of drug-likeness (QED) is 0.708. The van der Waals surface area contributed by atoms with Gasteiger partial charge in [-0.3, -0.25) is 4.57 Å². The van der Waals surface area contributed by atoms with Crippen molar-refractivity contribution in [3.8, 4) is 0 Å². The zero-order valence-corrected chi connectivity index (χ0v) is 13.6. The van der Waals surface area contributed by atoms with Crippen molar-refractivity contribution in [2.24, 2.45) is 0 Å². The van der Waals surface area contributed by atoms with E-state index in [1.54, 1.807) is 0 Å². The van der Waals surface area contributed by atoms with Crippen molar-refractivity contribution in [3.05, 3.63) is 29.8 Å². The van der Waals surface area contributed by atoms with E-state index in [9.17, 15) is 4.57 Å². The number of rotatable bonds is 7. The SMILES string of the molecule is CCOP(=O)(c1ccccc1C(C)C)N(CC)CC. The van der Waals surface area contributed by atoms with E-state index in [4.69, 9.17) is 4.52 Å². The molecule has 0 spiro atoms. The van der Waals surface area contributed by atoms with Gasteiger partial charge in [0.05, 0.1) is 11.9 Å². The summed E-state index contributed by atoms with van der Waals surface area (Å²) >= 11 is 0. The molecule has 0 aliphatic heterocycles. The summed E-state index contributed by atoms with van der Waals surface area (Å²) in [6.07, 6.45) is 0. The van der Waals surface area contributed by atoms with Crippen molar-refractivity contribution in [2.75, 3.05) is 19.7 Å². The Hall–Kier alpha value is -0.630. The van der Waals surface area contributed by atoms with Crippen LogP contribution < -0.4 is 5.30 Å². The molecule has 1 unspecified atom stereocenters. The maximum Gasteiger partial charge on any atom is 0.302 e. The number of hydrogen-bond acceptors (Lipinski definition) is 2. The van der Waals surface area contributed by atoms with E-state index in [-0.39, 0.29) is 0 Å². The van der Waals surface area contributed by atoms with Crippen LogP contribution in [0.1, 0.15) is 46.1 Å². The van der Waals surface area contributed by atoms with E-state index in [1.165, 1.54) is 0 Å². The predicted octanol–water partition coefficient (Wildman–Crippen LogP) is 4.01. The van der Waals surface area contributed by atoms with Crippen LogP contribution in [0.5, 0.6) is 0 Å². The van der Waals surface area contributed by atoms with Crippen molar-refractivity contribution in [1.82, 2.24) is 4.67 Å². The summed E-state index contributed by atoms with van der Waals surface area (Å²) in [4.78, 5) is 0. The highest BCUT2D eigenvalue weighted by Gasteiger charge is 2.34. The molecule has 0 N–H and O–H groups in total. The Morgan fingerprint density at radius 3 is 2.21 bits per heavy atom. The predicted molar refractivity (Wildman–Crippen MR) is 82.3 cm³/mol. The van der Waals surface area contributed by atoms with Crippen LogP contribution in [-0.4, -0.2) is 24.4 Å². The molecule has 1 aromatic carbocycles. The fraction of sp³-hybridized carbons (Fsp3) is 0.600. The Labute approximate surface area is 117 Å². The molecule has 0 amide bonds. The second kappa shape index (κ2) is 7.23. The molecule has 0 aliphatic carbocycles. The Kier molecular flexibility index (Phi) is 6.25. The standard InChI is InChI=1S/C15H26NO2P/c1-6-16(7-2)19(17,18-8-3)15-12-10-9-11-14(15)13(4)5/h9-13H,6-8H2,1-5H3. The number of hydrogen-bond donors (Lipinski definition) is 0. The van der Waals surface area contributed by atoms with Gasteiger partial charge in [0.2, 0.25) is 0 Å². The smallest absolute Gasteiger partial charge is 0.302 e. The van der Waals surface area contributed by atoms with Crippen molar-refractivity contribution >= 4 is 12.8 Å². The van der Waals surface area contributed by atoms with E-state index in [0.717, 1.165) is 24.0 Å². The van der Waals surface area contributed by atoms with Gasteiger partial charge in [-0.2, -0.15) is 0 Å². The Balaban J connectivity index is 3.38. The van der Waals surface area contributed by atoms with Gasteiger partial charge in [0.25, 0.3) is 0 Å². The van der Waals surface area contributed by atoms with Crippen LogP contribution >= 0.6 is 7.52 Å². The molecule has 108 valence electrons. The van der Waals surface area contributed by atoms with Crippen LogP contribution in [-0.2, 0) is 9.09 Å². The highest BCUT2D eigenvalue weighted by molar-refractivity contribution is 7.64. The second-order valence-corrected chi connectivity index (χ2v) is 7.14. The normalized spacial score (nSPS) is 14.9. The van der Waals surface area contributed by atoms with Gasteiger partial charge in [-0.15, -0.1) is 0 Å². The largest absolute Gasteiger partial charge is 0.314 e. The molecule has 19 heavy (non-hydrogen) atoms. The molecule has 0 radical (unpaired) electrons. The maximum absolute atomic E-state index is 13.4. The van der Waals surface area contributed by atoms with E-state index < -0.39 is 7.52 Å². The Bertz CT molecular complexity index is 442. The molecule has 0 saturated carbocycles. The summed E-state index contributed by atoms with van der Waals surface area (Å²) in [5, 5.41) is 0.857. The third-order valence-electron chi connectivity index (χ3n) is 3.27. The maximum atomic E-state index is 13.4. The topological polar surface area (TPSA) is 29.5 Å². The summed E-state index contributed by atoms with van der Waals surface area (Å²) in [6, 6.07) is 7.94. The van der Waals surface area contributed by atoms with E-state index in [0.29, 0.717) is 12.5 Å². The van der Waals surface area contributed by atoms with E-state index in [1.807, 2.05) is 43.6 Å². The molecule has 3 nitrogen and oxygen atoms in total. The molecule has 1 atom stereocenters. The zero-order chi connectivity index (χ0) is 14.5. The minimum absolute atomic E-state index is 0.334. The molecular formula is C15H26NO2P. The Morgan fingerprint density at radius 2 is 1.74 bits per heavy atom. The van der Waals surface area contributed by atoms with Gasteiger partial charge in [-0.1, -0.05) is 45.9 Å². The van der Waals surface area contributed by atoms with Crippen LogP contribution in [0.2, 0.25) is 0 Å². The fourth-order valence-electron chi connectivity index (χ4n) is 2.31. The van der Waals surface area contributed by atoms with Crippen molar-refractivity contribution in [3.63, 3.8) is 0 Å². The zero-order valence-electron chi connectivity index (χ0n) is 12.7. The first-order valence-corrected chi connectivity index (χ1v) is 8.68. The molecule has 0 bridgehead atoms. The van der Waals surface area contributed by atoms with E-state index in [2.05, 4.69) is 19.9 Å². The number of nitrogens with zero attached hydrogens (tertiary/aromatic N) is 1. The van der Waals surface area contributed by atoms with Gasteiger partial charge in [-0.05, 0) is 24.5 Å². The molecule has 1 rings (SSSR count). The Morgan fingerprint density at radius 1 is 1.16 bits per heavy atom. The molecule has 0 heterocycles. The van der Waals surface area contributed by atoms with Crippen LogP contribution in [0.4, 0.5) is 0 Å². The van der Waals surface area contributed by atoms with Crippen LogP contribution in [0.3, 0.4) is 0 Å². The van der Waals surface area contributed by atoms with Gasteiger partial charge in [0.15, 0.2) is 0 Å². The highest BCUT2D eigenvalue weighted by Crippen LogP contribution is 2.50. The molecule has 1 aromatic rings. The van der Waals surface area contributed by atoms with Gasteiger partial charge in [0.1, 0.15) is 0 Å². The number of benzene rings is 1. The lowest BCUT2D eigenvalue weighted by molar-refractivity contribution is 0.287. The first kappa shape index (κ1) is 16.4.